The first-order valence-electron chi connectivity index (χ1n) is 8.62. The van der Waals surface area contributed by atoms with Gasteiger partial charge in [-0.3, -0.25) is 4.79 Å². The summed E-state index contributed by atoms with van der Waals surface area (Å²) in [5, 5.41) is 7.21. The van der Waals surface area contributed by atoms with Crippen molar-refractivity contribution in [1.82, 2.24) is 5.32 Å². The maximum Gasteiger partial charge on any atom is 0.251 e. The van der Waals surface area contributed by atoms with Gasteiger partial charge in [0.1, 0.15) is 0 Å². The Balaban J connectivity index is 1.67. The SMILES string of the molecule is O=C(NC(CCNc1cccc(Cl)c1)c1ccccc1)c1ccccc1. The van der Waals surface area contributed by atoms with E-state index in [2.05, 4.69) is 10.6 Å². The van der Waals surface area contributed by atoms with E-state index in [1.807, 2.05) is 84.9 Å². The van der Waals surface area contributed by atoms with Gasteiger partial charge >= 0.3 is 0 Å². The van der Waals surface area contributed by atoms with Gasteiger partial charge in [-0.1, -0.05) is 66.2 Å². The molecule has 0 aliphatic heterocycles. The van der Waals surface area contributed by atoms with Gasteiger partial charge in [-0.05, 0) is 42.3 Å². The fraction of sp³-hybridized carbons (Fsp3) is 0.136. The molecule has 3 rings (SSSR count). The molecule has 0 heterocycles. The molecule has 3 nitrogen and oxygen atoms in total. The topological polar surface area (TPSA) is 41.1 Å². The predicted molar refractivity (Wildman–Crippen MR) is 108 cm³/mol. The second-order valence-electron chi connectivity index (χ2n) is 6.03. The Bertz CT molecular complexity index is 837. The fourth-order valence-electron chi connectivity index (χ4n) is 2.80. The molecule has 0 spiro atoms. The maximum atomic E-state index is 12.6. The van der Waals surface area contributed by atoms with Crippen LogP contribution in [0.25, 0.3) is 0 Å². The van der Waals surface area contributed by atoms with Gasteiger partial charge < -0.3 is 10.6 Å². The van der Waals surface area contributed by atoms with Crippen LogP contribution >= 0.6 is 11.6 Å². The molecule has 1 unspecified atom stereocenters. The molecule has 2 N–H and O–H groups in total. The van der Waals surface area contributed by atoms with Crippen LogP contribution in [0.3, 0.4) is 0 Å². The van der Waals surface area contributed by atoms with Crippen LogP contribution < -0.4 is 10.6 Å². The average molecular weight is 365 g/mol. The number of hydrogen-bond acceptors (Lipinski definition) is 2. The second-order valence-corrected chi connectivity index (χ2v) is 6.46. The first-order chi connectivity index (χ1) is 12.7. The first kappa shape index (κ1) is 18.0. The zero-order valence-corrected chi connectivity index (χ0v) is 15.1. The molecule has 4 heteroatoms. The summed E-state index contributed by atoms with van der Waals surface area (Å²) in [6.07, 6.45) is 0.759. The number of hydrogen-bond donors (Lipinski definition) is 2. The predicted octanol–water partition coefficient (Wildman–Crippen LogP) is 5.31. The Kier molecular flexibility index (Phi) is 6.29. The number of amides is 1. The highest BCUT2D eigenvalue weighted by molar-refractivity contribution is 6.30. The third kappa shape index (κ3) is 5.11. The second kappa shape index (κ2) is 9.07. The summed E-state index contributed by atoms with van der Waals surface area (Å²) in [5.41, 5.74) is 2.72. The van der Waals surface area contributed by atoms with Gasteiger partial charge in [0.2, 0.25) is 0 Å². The standard InChI is InChI=1S/C22H21ClN2O/c23-19-12-7-13-20(16-19)24-15-14-21(17-8-3-1-4-9-17)25-22(26)18-10-5-2-6-11-18/h1-13,16,21,24H,14-15H2,(H,25,26). The summed E-state index contributed by atoms with van der Waals surface area (Å²) in [5.74, 6) is -0.0674. The van der Waals surface area contributed by atoms with E-state index in [9.17, 15) is 4.79 Å². The molecule has 0 saturated heterocycles. The van der Waals surface area contributed by atoms with Crippen LogP contribution in [0.2, 0.25) is 5.02 Å². The van der Waals surface area contributed by atoms with Crippen LogP contribution in [0.4, 0.5) is 5.69 Å². The quantitative estimate of drug-likeness (QED) is 0.596. The molecule has 26 heavy (non-hydrogen) atoms. The normalized spacial score (nSPS) is 11.6. The van der Waals surface area contributed by atoms with Crippen LogP contribution in [-0.4, -0.2) is 12.5 Å². The zero-order chi connectivity index (χ0) is 18.2. The summed E-state index contributed by atoms with van der Waals surface area (Å²) >= 11 is 6.02. The van der Waals surface area contributed by atoms with E-state index in [1.54, 1.807) is 0 Å². The van der Waals surface area contributed by atoms with E-state index >= 15 is 0 Å². The van der Waals surface area contributed by atoms with Crippen LogP contribution in [-0.2, 0) is 0 Å². The fourth-order valence-corrected chi connectivity index (χ4v) is 2.99. The van der Waals surface area contributed by atoms with E-state index < -0.39 is 0 Å². The van der Waals surface area contributed by atoms with Crippen molar-refractivity contribution in [1.29, 1.82) is 0 Å². The van der Waals surface area contributed by atoms with Crippen molar-refractivity contribution in [3.63, 3.8) is 0 Å². The van der Waals surface area contributed by atoms with E-state index in [4.69, 9.17) is 11.6 Å². The van der Waals surface area contributed by atoms with Crippen molar-refractivity contribution in [2.24, 2.45) is 0 Å². The van der Waals surface area contributed by atoms with Crippen molar-refractivity contribution in [3.05, 3.63) is 101 Å². The van der Waals surface area contributed by atoms with Crippen LogP contribution in [0.1, 0.15) is 28.4 Å². The molecule has 0 aromatic heterocycles. The molecular formula is C22H21ClN2O. The first-order valence-corrected chi connectivity index (χ1v) is 9.00. The summed E-state index contributed by atoms with van der Waals surface area (Å²) in [6, 6.07) is 26.9. The Morgan fingerprint density at radius 1 is 0.885 bits per heavy atom. The van der Waals surface area contributed by atoms with E-state index in [0.717, 1.165) is 24.2 Å². The Hall–Kier alpha value is -2.78. The van der Waals surface area contributed by atoms with Crippen molar-refractivity contribution in [2.75, 3.05) is 11.9 Å². The molecular weight excluding hydrogens is 344 g/mol. The molecule has 0 fully saturated rings. The molecule has 1 atom stereocenters. The number of rotatable bonds is 7. The number of carbonyl (C=O) groups is 1. The summed E-state index contributed by atoms with van der Waals surface area (Å²) in [7, 11) is 0. The highest BCUT2D eigenvalue weighted by atomic mass is 35.5. The van der Waals surface area contributed by atoms with E-state index in [1.165, 1.54) is 0 Å². The van der Waals surface area contributed by atoms with Gasteiger partial charge in [0.25, 0.3) is 5.91 Å². The highest BCUT2D eigenvalue weighted by Gasteiger charge is 2.15. The van der Waals surface area contributed by atoms with Crippen LogP contribution in [0.15, 0.2) is 84.9 Å². The minimum Gasteiger partial charge on any atom is -0.385 e. The van der Waals surface area contributed by atoms with Gasteiger partial charge in [0.05, 0.1) is 6.04 Å². The van der Waals surface area contributed by atoms with Gasteiger partial charge in [-0.15, -0.1) is 0 Å². The summed E-state index contributed by atoms with van der Waals surface area (Å²) in [6.45, 7) is 0.717. The third-order valence-electron chi connectivity index (χ3n) is 4.13. The van der Waals surface area contributed by atoms with Gasteiger partial charge in [0.15, 0.2) is 0 Å². The van der Waals surface area contributed by atoms with Crippen LogP contribution in [0, 0.1) is 0 Å². The summed E-state index contributed by atoms with van der Waals surface area (Å²) in [4.78, 5) is 12.6. The molecule has 0 radical (unpaired) electrons. The lowest BCUT2D eigenvalue weighted by Gasteiger charge is -2.20. The largest absolute Gasteiger partial charge is 0.385 e. The van der Waals surface area contributed by atoms with Gasteiger partial charge in [-0.25, -0.2) is 0 Å². The highest BCUT2D eigenvalue weighted by Crippen LogP contribution is 2.19. The molecule has 0 saturated carbocycles. The van der Waals surface area contributed by atoms with Crippen molar-refractivity contribution in [3.8, 4) is 0 Å². The molecule has 1 amide bonds. The Morgan fingerprint density at radius 2 is 1.58 bits per heavy atom. The molecule has 3 aromatic carbocycles. The number of anilines is 1. The van der Waals surface area contributed by atoms with E-state index in [-0.39, 0.29) is 11.9 Å². The number of nitrogens with one attached hydrogen (secondary N) is 2. The molecule has 132 valence electrons. The van der Waals surface area contributed by atoms with Gasteiger partial charge in [-0.2, -0.15) is 0 Å². The third-order valence-corrected chi connectivity index (χ3v) is 4.37. The molecule has 0 bridgehead atoms. The monoisotopic (exact) mass is 364 g/mol. The Morgan fingerprint density at radius 3 is 2.27 bits per heavy atom. The summed E-state index contributed by atoms with van der Waals surface area (Å²) < 4.78 is 0. The average Bonchev–Trinajstić information content (AvgIpc) is 2.68. The lowest BCUT2D eigenvalue weighted by atomic mass is 10.0. The lowest BCUT2D eigenvalue weighted by Crippen LogP contribution is -2.30. The molecule has 0 aliphatic carbocycles. The zero-order valence-electron chi connectivity index (χ0n) is 14.4. The molecule has 0 aliphatic rings. The Labute approximate surface area is 159 Å². The minimum absolute atomic E-state index is 0.0674. The smallest absolute Gasteiger partial charge is 0.251 e. The number of halogens is 1. The lowest BCUT2D eigenvalue weighted by molar-refractivity contribution is 0.0935. The van der Waals surface area contributed by atoms with Crippen molar-refractivity contribution in [2.45, 2.75) is 12.5 Å². The van der Waals surface area contributed by atoms with Crippen molar-refractivity contribution < 1.29 is 4.79 Å². The molecule has 3 aromatic rings. The van der Waals surface area contributed by atoms with E-state index in [0.29, 0.717) is 10.6 Å². The van der Waals surface area contributed by atoms with Crippen molar-refractivity contribution >= 4 is 23.2 Å². The van der Waals surface area contributed by atoms with Crippen LogP contribution in [0.5, 0.6) is 0 Å². The number of carbonyl (C=O) groups excluding carboxylic acids is 1. The van der Waals surface area contributed by atoms with Gasteiger partial charge in [0, 0.05) is 22.8 Å². The minimum atomic E-state index is -0.0735. The number of benzene rings is 3. The maximum absolute atomic E-state index is 12.6.